The van der Waals surface area contributed by atoms with Gasteiger partial charge in [-0.05, 0) is 24.8 Å². The van der Waals surface area contributed by atoms with Crippen molar-refractivity contribution >= 4 is 11.4 Å². The van der Waals surface area contributed by atoms with E-state index in [2.05, 4.69) is 24.9 Å². The Bertz CT molecular complexity index is 405. The van der Waals surface area contributed by atoms with E-state index in [1.54, 1.807) is 7.11 Å². The van der Waals surface area contributed by atoms with Gasteiger partial charge in [0.15, 0.2) is 0 Å². The van der Waals surface area contributed by atoms with Crippen molar-refractivity contribution in [3.8, 4) is 5.75 Å². The van der Waals surface area contributed by atoms with Crippen molar-refractivity contribution < 1.29 is 4.74 Å². The van der Waals surface area contributed by atoms with Crippen LogP contribution in [0.3, 0.4) is 0 Å². The molecule has 0 heterocycles. The minimum Gasteiger partial charge on any atom is -0.497 e. The Morgan fingerprint density at radius 2 is 1.94 bits per heavy atom. The van der Waals surface area contributed by atoms with Gasteiger partial charge in [0, 0.05) is 36.6 Å². The Morgan fingerprint density at radius 1 is 1.22 bits per heavy atom. The zero-order chi connectivity index (χ0) is 13.1. The second-order valence-corrected chi connectivity index (χ2v) is 5.40. The van der Waals surface area contributed by atoms with Crippen LogP contribution in [0.4, 0.5) is 11.4 Å². The third kappa shape index (κ3) is 2.71. The zero-order valence-corrected chi connectivity index (χ0v) is 11.6. The molecule has 2 unspecified atom stereocenters. The van der Waals surface area contributed by atoms with Gasteiger partial charge < -0.3 is 15.4 Å². The molecule has 0 saturated heterocycles. The van der Waals surface area contributed by atoms with E-state index >= 15 is 0 Å². The number of hydrogen-bond donors (Lipinski definition) is 1. The van der Waals surface area contributed by atoms with E-state index in [1.807, 2.05) is 12.1 Å². The molecule has 1 aliphatic rings. The van der Waals surface area contributed by atoms with Crippen LogP contribution in [0.1, 0.15) is 32.6 Å². The third-order valence-corrected chi connectivity index (χ3v) is 4.12. The molecule has 0 bridgehead atoms. The molecule has 1 aromatic rings. The van der Waals surface area contributed by atoms with Crippen molar-refractivity contribution in [3.63, 3.8) is 0 Å². The lowest BCUT2D eigenvalue weighted by Gasteiger charge is -2.37. The van der Waals surface area contributed by atoms with E-state index in [0.29, 0.717) is 6.04 Å². The van der Waals surface area contributed by atoms with Gasteiger partial charge in [0.1, 0.15) is 5.75 Å². The fourth-order valence-electron chi connectivity index (χ4n) is 2.99. The lowest BCUT2D eigenvalue weighted by Crippen LogP contribution is -2.39. The summed E-state index contributed by atoms with van der Waals surface area (Å²) in [6.45, 7) is 2.35. The molecular formula is C15H24N2O. The number of rotatable bonds is 3. The van der Waals surface area contributed by atoms with Crippen LogP contribution < -0.4 is 15.4 Å². The molecule has 18 heavy (non-hydrogen) atoms. The lowest BCUT2D eigenvalue weighted by molar-refractivity contribution is 0.321. The Kier molecular flexibility index (Phi) is 4.00. The highest BCUT2D eigenvalue weighted by molar-refractivity contribution is 5.60. The van der Waals surface area contributed by atoms with Crippen molar-refractivity contribution in [2.45, 2.75) is 38.6 Å². The van der Waals surface area contributed by atoms with Crippen molar-refractivity contribution in [1.29, 1.82) is 0 Å². The summed E-state index contributed by atoms with van der Waals surface area (Å²) in [6, 6.07) is 6.58. The summed E-state index contributed by atoms with van der Waals surface area (Å²) >= 11 is 0. The summed E-state index contributed by atoms with van der Waals surface area (Å²) in [4.78, 5) is 2.36. The molecule has 2 atom stereocenters. The van der Waals surface area contributed by atoms with Crippen LogP contribution in [0.5, 0.6) is 5.75 Å². The van der Waals surface area contributed by atoms with Crippen LogP contribution in [0.25, 0.3) is 0 Å². The standard InChI is InChI=1S/C15H24N2O/c1-11-6-4-5-7-15(11)17(2)13-8-12(16)9-14(10-13)18-3/h8-11,15H,4-7,16H2,1-3H3. The van der Waals surface area contributed by atoms with Crippen LogP contribution in [-0.4, -0.2) is 20.2 Å². The summed E-state index contributed by atoms with van der Waals surface area (Å²) in [7, 11) is 3.85. The molecule has 2 rings (SSSR count). The highest BCUT2D eigenvalue weighted by Crippen LogP contribution is 2.32. The van der Waals surface area contributed by atoms with Gasteiger partial charge >= 0.3 is 0 Å². The molecule has 0 aliphatic heterocycles. The van der Waals surface area contributed by atoms with Crippen molar-refractivity contribution in [2.24, 2.45) is 5.92 Å². The number of benzene rings is 1. The van der Waals surface area contributed by atoms with E-state index in [0.717, 1.165) is 23.0 Å². The van der Waals surface area contributed by atoms with Gasteiger partial charge in [-0.25, -0.2) is 0 Å². The minimum atomic E-state index is 0.616. The van der Waals surface area contributed by atoms with Gasteiger partial charge in [-0.1, -0.05) is 19.8 Å². The topological polar surface area (TPSA) is 38.5 Å². The second kappa shape index (κ2) is 5.51. The summed E-state index contributed by atoms with van der Waals surface area (Å²) in [5.41, 5.74) is 7.85. The first kappa shape index (κ1) is 13.1. The number of ether oxygens (including phenoxy) is 1. The first-order valence-electron chi connectivity index (χ1n) is 6.79. The maximum Gasteiger partial charge on any atom is 0.122 e. The van der Waals surface area contributed by atoms with Crippen LogP contribution in [0.2, 0.25) is 0 Å². The first-order chi connectivity index (χ1) is 8.61. The van der Waals surface area contributed by atoms with E-state index in [1.165, 1.54) is 25.7 Å². The predicted octanol–water partition coefficient (Wildman–Crippen LogP) is 3.29. The maximum absolute atomic E-state index is 5.93. The molecule has 1 aliphatic carbocycles. The van der Waals surface area contributed by atoms with Gasteiger partial charge in [0.2, 0.25) is 0 Å². The molecule has 0 spiro atoms. The minimum absolute atomic E-state index is 0.616. The van der Waals surface area contributed by atoms with Crippen LogP contribution in [-0.2, 0) is 0 Å². The Morgan fingerprint density at radius 3 is 2.61 bits per heavy atom. The van der Waals surface area contributed by atoms with E-state index in [9.17, 15) is 0 Å². The third-order valence-electron chi connectivity index (χ3n) is 4.12. The SMILES string of the molecule is COc1cc(N)cc(N(C)C2CCCCC2C)c1. The number of nitrogens with two attached hydrogens (primary N) is 1. The van der Waals surface area contributed by atoms with Gasteiger partial charge in [0.25, 0.3) is 0 Å². The van der Waals surface area contributed by atoms with E-state index in [-0.39, 0.29) is 0 Å². The first-order valence-corrected chi connectivity index (χ1v) is 6.79. The monoisotopic (exact) mass is 248 g/mol. The van der Waals surface area contributed by atoms with Gasteiger partial charge in [-0.15, -0.1) is 0 Å². The van der Waals surface area contributed by atoms with Crippen molar-refractivity contribution in [2.75, 3.05) is 24.8 Å². The molecule has 2 N–H and O–H groups in total. The van der Waals surface area contributed by atoms with Crippen molar-refractivity contribution in [3.05, 3.63) is 18.2 Å². The second-order valence-electron chi connectivity index (χ2n) is 5.40. The van der Waals surface area contributed by atoms with Crippen LogP contribution >= 0.6 is 0 Å². The average Bonchev–Trinajstić information content (AvgIpc) is 2.37. The van der Waals surface area contributed by atoms with Crippen LogP contribution in [0, 0.1) is 5.92 Å². The van der Waals surface area contributed by atoms with Gasteiger partial charge in [-0.2, -0.15) is 0 Å². The highest BCUT2D eigenvalue weighted by Gasteiger charge is 2.25. The van der Waals surface area contributed by atoms with E-state index < -0.39 is 0 Å². The normalized spacial score (nSPS) is 23.7. The average molecular weight is 248 g/mol. The Balaban J connectivity index is 2.21. The van der Waals surface area contributed by atoms with Gasteiger partial charge in [0.05, 0.1) is 7.11 Å². The van der Waals surface area contributed by atoms with E-state index in [4.69, 9.17) is 10.5 Å². The number of nitrogen functional groups attached to an aromatic ring is 1. The highest BCUT2D eigenvalue weighted by atomic mass is 16.5. The molecule has 3 nitrogen and oxygen atoms in total. The number of nitrogens with zero attached hydrogens (tertiary/aromatic N) is 1. The fourth-order valence-corrected chi connectivity index (χ4v) is 2.99. The Labute approximate surface area is 110 Å². The molecule has 1 aromatic carbocycles. The summed E-state index contributed by atoms with van der Waals surface area (Å²) in [5.74, 6) is 1.58. The zero-order valence-electron chi connectivity index (χ0n) is 11.6. The maximum atomic E-state index is 5.93. The summed E-state index contributed by atoms with van der Waals surface area (Å²) in [5, 5.41) is 0. The molecule has 3 heteroatoms. The van der Waals surface area contributed by atoms with Crippen molar-refractivity contribution in [1.82, 2.24) is 0 Å². The molecule has 0 radical (unpaired) electrons. The molecule has 1 saturated carbocycles. The molecule has 0 aromatic heterocycles. The molecule has 1 fully saturated rings. The Hall–Kier alpha value is -1.38. The summed E-state index contributed by atoms with van der Waals surface area (Å²) < 4.78 is 5.29. The van der Waals surface area contributed by atoms with Gasteiger partial charge in [-0.3, -0.25) is 0 Å². The van der Waals surface area contributed by atoms with Crippen LogP contribution in [0.15, 0.2) is 18.2 Å². The number of methoxy groups -OCH3 is 1. The predicted molar refractivity (Wildman–Crippen MR) is 77.2 cm³/mol. The largest absolute Gasteiger partial charge is 0.497 e. The number of hydrogen-bond acceptors (Lipinski definition) is 3. The number of anilines is 2. The molecular weight excluding hydrogens is 224 g/mol. The summed E-state index contributed by atoms with van der Waals surface area (Å²) in [6.07, 6.45) is 5.30. The molecule has 0 amide bonds. The molecule has 100 valence electrons. The smallest absolute Gasteiger partial charge is 0.122 e. The fraction of sp³-hybridized carbons (Fsp3) is 0.600. The quantitative estimate of drug-likeness (QED) is 0.834. The lowest BCUT2D eigenvalue weighted by atomic mass is 9.85.